The van der Waals surface area contributed by atoms with Gasteiger partial charge in [0.15, 0.2) is 0 Å². The van der Waals surface area contributed by atoms with Crippen molar-refractivity contribution in [2.45, 2.75) is 50.6 Å². The number of aryl methyl sites for hydroxylation is 2. The predicted octanol–water partition coefficient (Wildman–Crippen LogP) is 4.84. The molecule has 5 rings (SSSR count). The van der Waals surface area contributed by atoms with Crippen LogP contribution in [0.15, 0.2) is 119 Å². The smallest absolute Gasteiger partial charge is 0.744 e. The van der Waals surface area contributed by atoms with Crippen LogP contribution in [0, 0.1) is 19.8 Å². The average molecular weight is 753 g/mol. The molecule has 5 aromatic rings. The summed E-state index contributed by atoms with van der Waals surface area (Å²) in [6.07, 6.45) is 0. The molecule has 0 aliphatic heterocycles. The van der Waals surface area contributed by atoms with Crippen LogP contribution in [0.3, 0.4) is 0 Å². The van der Waals surface area contributed by atoms with Crippen LogP contribution in [0.25, 0.3) is 0 Å². The first-order valence-corrected chi connectivity index (χ1v) is 19.3. The van der Waals surface area contributed by atoms with E-state index in [0.29, 0.717) is 42.3 Å². The van der Waals surface area contributed by atoms with E-state index in [1.807, 2.05) is 76.2 Å². The first-order chi connectivity index (χ1) is 23.7. The SMILES string of the molecule is CCN(Cc1cccc(S(=O)(=O)[O-])c1)c1ccc([C+](c2ccc(N(CC)Cc3cccc(S(=O)(=O)[O-])c3)cc2C)c2ccccc2Cl)c(C)c1.[Na+]. The molecule has 12 heteroatoms. The minimum absolute atomic E-state index is 0. The molecule has 0 saturated carbocycles. The summed E-state index contributed by atoms with van der Waals surface area (Å²) in [5.74, 6) is 0.969. The van der Waals surface area contributed by atoms with Gasteiger partial charge in [0.2, 0.25) is 0 Å². The second-order valence-electron chi connectivity index (χ2n) is 12.1. The second kappa shape index (κ2) is 17.0. The molecular weight excluding hydrogens is 715 g/mol. The predicted molar refractivity (Wildman–Crippen MR) is 197 cm³/mol. The molecule has 8 nitrogen and oxygen atoms in total. The van der Waals surface area contributed by atoms with E-state index in [-0.39, 0.29) is 39.3 Å². The molecular formula is C39H38ClN2NaO6S2. The molecule has 0 aliphatic carbocycles. The molecule has 5 aromatic carbocycles. The summed E-state index contributed by atoms with van der Waals surface area (Å²) < 4.78 is 69.7. The molecule has 51 heavy (non-hydrogen) atoms. The maximum absolute atomic E-state index is 11.6. The fourth-order valence-electron chi connectivity index (χ4n) is 6.16. The van der Waals surface area contributed by atoms with Crippen molar-refractivity contribution >= 4 is 43.2 Å². The second-order valence-corrected chi connectivity index (χ2v) is 15.3. The van der Waals surface area contributed by atoms with Crippen LogP contribution in [0.4, 0.5) is 11.4 Å². The number of benzene rings is 5. The third kappa shape index (κ3) is 9.77. The van der Waals surface area contributed by atoms with E-state index < -0.39 is 20.2 Å². The van der Waals surface area contributed by atoms with Crippen molar-refractivity contribution in [3.8, 4) is 0 Å². The number of halogens is 1. The Bertz CT molecular complexity index is 2100. The van der Waals surface area contributed by atoms with E-state index in [9.17, 15) is 25.9 Å². The largest absolute Gasteiger partial charge is 1.00 e. The van der Waals surface area contributed by atoms with Crippen molar-refractivity contribution in [3.63, 3.8) is 0 Å². The molecule has 0 heterocycles. The summed E-state index contributed by atoms with van der Waals surface area (Å²) in [4.78, 5) is 3.74. The Hall–Kier alpha value is -3.32. The van der Waals surface area contributed by atoms with E-state index >= 15 is 0 Å². The molecule has 0 bridgehead atoms. The van der Waals surface area contributed by atoms with Gasteiger partial charge in [0.1, 0.15) is 20.2 Å². The van der Waals surface area contributed by atoms with Gasteiger partial charge in [-0.1, -0.05) is 24.3 Å². The average Bonchev–Trinajstić information content (AvgIpc) is 3.07. The Balaban J connectivity index is 0.00000583. The Kier molecular flexibility index (Phi) is 13.5. The normalized spacial score (nSPS) is 11.5. The molecule has 0 saturated heterocycles. The minimum atomic E-state index is -4.56. The molecule has 0 atom stereocenters. The van der Waals surface area contributed by atoms with Crippen molar-refractivity contribution in [1.29, 1.82) is 0 Å². The van der Waals surface area contributed by atoms with Gasteiger partial charge >= 0.3 is 29.6 Å². The maximum atomic E-state index is 11.6. The number of hydrogen-bond donors (Lipinski definition) is 0. The Morgan fingerprint density at radius 2 is 1.02 bits per heavy atom. The van der Waals surface area contributed by atoms with Gasteiger partial charge in [-0.25, -0.2) is 16.8 Å². The third-order valence-corrected chi connectivity index (χ3v) is 10.7. The van der Waals surface area contributed by atoms with Crippen LogP contribution >= 0.6 is 11.6 Å². The third-order valence-electron chi connectivity index (χ3n) is 8.72. The van der Waals surface area contributed by atoms with Crippen LogP contribution < -0.4 is 39.4 Å². The molecule has 0 N–H and O–H groups in total. The van der Waals surface area contributed by atoms with Crippen LogP contribution in [-0.2, 0) is 33.3 Å². The molecule has 0 unspecified atom stereocenters. The Morgan fingerprint density at radius 1 is 0.588 bits per heavy atom. The first kappa shape index (κ1) is 40.5. The van der Waals surface area contributed by atoms with Crippen molar-refractivity contribution < 1.29 is 55.5 Å². The monoisotopic (exact) mass is 752 g/mol. The van der Waals surface area contributed by atoms with Crippen molar-refractivity contribution in [1.82, 2.24) is 0 Å². The van der Waals surface area contributed by atoms with Gasteiger partial charge < -0.3 is 18.9 Å². The zero-order valence-corrected chi connectivity index (χ0v) is 33.6. The zero-order valence-electron chi connectivity index (χ0n) is 29.3. The van der Waals surface area contributed by atoms with Gasteiger partial charge in [0.25, 0.3) is 0 Å². The van der Waals surface area contributed by atoms with E-state index in [4.69, 9.17) is 11.6 Å². The van der Waals surface area contributed by atoms with E-state index in [2.05, 4.69) is 34.1 Å². The Morgan fingerprint density at radius 3 is 1.39 bits per heavy atom. The molecule has 260 valence electrons. The van der Waals surface area contributed by atoms with Crippen LogP contribution in [0.1, 0.15) is 52.8 Å². The zero-order chi connectivity index (χ0) is 36.2. The van der Waals surface area contributed by atoms with Gasteiger partial charge in [0.05, 0.1) is 37.4 Å². The van der Waals surface area contributed by atoms with E-state index in [1.165, 1.54) is 24.3 Å². The van der Waals surface area contributed by atoms with Crippen LogP contribution in [0.5, 0.6) is 0 Å². The molecule has 0 amide bonds. The van der Waals surface area contributed by atoms with Crippen LogP contribution in [-0.4, -0.2) is 39.0 Å². The topological polar surface area (TPSA) is 121 Å². The summed E-state index contributed by atoms with van der Waals surface area (Å²) in [6, 6.07) is 32.4. The van der Waals surface area contributed by atoms with Gasteiger partial charge in [-0.2, -0.15) is 0 Å². The number of hydrogen-bond acceptors (Lipinski definition) is 8. The maximum Gasteiger partial charge on any atom is 1.00 e. The quantitative estimate of drug-likeness (QED) is 0.0726. The summed E-state index contributed by atoms with van der Waals surface area (Å²) in [6.45, 7) is 10.3. The Labute approximate surface area is 328 Å². The molecule has 0 fully saturated rings. The van der Waals surface area contributed by atoms with Gasteiger partial charge in [-0.05, 0) is 135 Å². The summed E-state index contributed by atoms with van der Waals surface area (Å²) >= 11 is 6.83. The van der Waals surface area contributed by atoms with E-state index in [0.717, 1.165) is 45.1 Å². The minimum Gasteiger partial charge on any atom is -0.744 e. The van der Waals surface area contributed by atoms with Gasteiger partial charge in [0, 0.05) is 48.7 Å². The number of anilines is 2. The van der Waals surface area contributed by atoms with Crippen molar-refractivity contribution in [3.05, 3.63) is 159 Å². The summed E-state index contributed by atoms with van der Waals surface area (Å²) in [5, 5.41) is 0.612. The summed E-state index contributed by atoms with van der Waals surface area (Å²) in [5.41, 5.74) is 8.23. The fraction of sp³-hybridized carbons (Fsp3) is 0.205. The van der Waals surface area contributed by atoms with Crippen LogP contribution in [0.2, 0.25) is 5.02 Å². The standard InChI is InChI=1S/C39H39ClN2O6S2.Na/c1-5-41(25-29-11-9-13-33(23-29)49(43,44)45)31-17-19-35(27(3)21-31)39(37-15-7-8-16-38(37)40)36-20-18-32(22-28(36)4)42(6-2)26-30-12-10-14-34(24-30)50(46,47)48;/h7-24H,5-6,25-26H2,1-4H3,(H-,43,44,45,46,47,48);/q;+1/p-1. The number of rotatable bonds is 13. The molecule has 0 aliphatic rings. The van der Waals surface area contributed by atoms with Gasteiger partial charge in [-0.3, -0.25) is 0 Å². The first-order valence-electron chi connectivity index (χ1n) is 16.1. The number of nitrogens with zero attached hydrogens (tertiary/aromatic N) is 2. The van der Waals surface area contributed by atoms with Crippen molar-refractivity contribution in [2.75, 3.05) is 22.9 Å². The molecule has 0 aromatic heterocycles. The van der Waals surface area contributed by atoms with Gasteiger partial charge in [-0.15, -0.1) is 0 Å². The fourth-order valence-corrected chi connectivity index (χ4v) is 7.47. The molecule has 0 radical (unpaired) electrons. The van der Waals surface area contributed by atoms with E-state index in [1.54, 1.807) is 12.1 Å². The molecule has 0 spiro atoms. The summed E-state index contributed by atoms with van der Waals surface area (Å²) in [7, 11) is -9.12. The van der Waals surface area contributed by atoms with Crippen molar-refractivity contribution in [2.24, 2.45) is 0 Å².